The van der Waals surface area contributed by atoms with Crippen molar-refractivity contribution in [3.05, 3.63) is 33.8 Å². The monoisotopic (exact) mass is 272 g/mol. The van der Waals surface area contributed by atoms with Crippen LogP contribution < -0.4 is 0 Å². The van der Waals surface area contributed by atoms with Gasteiger partial charge in [0.25, 0.3) is 0 Å². The van der Waals surface area contributed by atoms with E-state index in [1.165, 1.54) is 12.1 Å². The van der Waals surface area contributed by atoms with Gasteiger partial charge in [-0.2, -0.15) is 0 Å². The fourth-order valence-electron chi connectivity index (χ4n) is 1.76. The highest BCUT2D eigenvalue weighted by Crippen LogP contribution is 2.23. The van der Waals surface area contributed by atoms with Crippen molar-refractivity contribution in [2.24, 2.45) is 5.92 Å². The molecule has 90 valence electrons. The SMILES string of the molecule is O=C1CCOCC1C(=O)c1cc(Cl)cc(Cl)c1. The Morgan fingerprint density at radius 1 is 1.24 bits per heavy atom. The van der Waals surface area contributed by atoms with Crippen LogP contribution in [-0.2, 0) is 9.53 Å². The lowest BCUT2D eigenvalue weighted by Gasteiger charge is -2.19. The number of hydrogen-bond donors (Lipinski definition) is 0. The first-order valence-electron chi connectivity index (χ1n) is 5.18. The molecule has 0 bridgehead atoms. The summed E-state index contributed by atoms with van der Waals surface area (Å²) in [5, 5.41) is 0.759. The highest BCUT2D eigenvalue weighted by Gasteiger charge is 2.30. The molecule has 1 saturated heterocycles. The maximum absolute atomic E-state index is 12.1. The molecule has 0 amide bonds. The molecular weight excluding hydrogens is 263 g/mol. The molecule has 0 aliphatic carbocycles. The third kappa shape index (κ3) is 2.86. The Kier molecular flexibility index (Phi) is 3.82. The summed E-state index contributed by atoms with van der Waals surface area (Å²) in [6, 6.07) is 4.56. The first-order valence-corrected chi connectivity index (χ1v) is 5.94. The van der Waals surface area contributed by atoms with Gasteiger partial charge >= 0.3 is 0 Å². The van der Waals surface area contributed by atoms with Gasteiger partial charge in [-0.05, 0) is 18.2 Å². The molecule has 1 aliphatic rings. The largest absolute Gasteiger partial charge is 0.380 e. The number of ketones is 2. The van der Waals surface area contributed by atoms with Crippen molar-refractivity contribution in [2.45, 2.75) is 6.42 Å². The summed E-state index contributed by atoms with van der Waals surface area (Å²) in [5.74, 6) is -1.09. The molecule has 1 aromatic carbocycles. The first-order chi connectivity index (χ1) is 8.08. The molecule has 1 heterocycles. The van der Waals surface area contributed by atoms with E-state index in [0.717, 1.165) is 0 Å². The van der Waals surface area contributed by atoms with Crippen LogP contribution in [0.1, 0.15) is 16.8 Å². The van der Waals surface area contributed by atoms with Crippen LogP contribution in [0.2, 0.25) is 10.0 Å². The highest BCUT2D eigenvalue weighted by atomic mass is 35.5. The summed E-state index contributed by atoms with van der Waals surface area (Å²) in [5.41, 5.74) is 0.353. The van der Waals surface area contributed by atoms with Crippen LogP contribution in [0.15, 0.2) is 18.2 Å². The predicted molar refractivity (Wildman–Crippen MR) is 64.7 cm³/mol. The van der Waals surface area contributed by atoms with Crippen molar-refractivity contribution >= 4 is 34.8 Å². The van der Waals surface area contributed by atoms with Crippen LogP contribution >= 0.6 is 23.2 Å². The van der Waals surface area contributed by atoms with E-state index in [-0.39, 0.29) is 24.6 Å². The number of carbonyl (C=O) groups excluding carboxylic acids is 2. The minimum Gasteiger partial charge on any atom is -0.380 e. The zero-order chi connectivity index (χ0) is 12.4. The van der Waals surface area contributed by atoms with Crippen LogP contribution in [0, 0.1) is 5.92 Å². The summed E-state index contributed by atoms with van der Waals surface area (Å²) in [4.78, 5) is 23.7. The molecule has 0 radical (unpaired) electrons. The molecule has 3 nitrogen and oxygen atoms in total. The average molecular weight is 273 g/mol. The molecule has 5 heteroatoms. The Morgan fingerprint density at radius 2 is 1.88 bits per heavy atom. The van der Waals surface area contributed by atoms with Crippen molar-refractivity contribution in [1.29, 1.82) is 0 Å². The quantitative estimate of drug-likeness (QED) is 0.614. The average Bonchev–Trinajstić information content (AvgIpc) is 2.27. The Bertz CT molecular complexity index is 451. The molecule has 2 rings (SSSR count). The predicted octanol–water partition coefficient (Wildman–Crippen LogP) is 2.78. The number of halogens is 2. The standard InChI is InChI=1S/C12H10Cl2O3/c13-8-3-7(4-9(14)5-8)12(16)10-6-17-2-1-11(10)15/h3-5,10H,1-2,6H2. The van der Waals surface area contributed by atoms with E-state index in [2.05, 4.69) is 0 Å². The maximum atomic E-state index is 12.1. The second-order valence-corrected chi connectivity index (χ2v) is 4.74. The fourth-order valence-corrected chi connectivity index (χ4v) is 2.29. The van der Waals surface area contributed by atoms with Gasteiger partial charge in [-0.25, -0.2) is 0 Å². The number of benzene rings is 1. The van der Waals surface area contributed by atoms with Gasteiger partial charge in [0.05, 0.1) is 13.2 Å². The van der Waals surface area contributed by atoms with Crippen LogP contribution in [0.25, 0.3) is 0 Å². The summed E-state index contributed by atoms with van der Waals surface area (Å²) in [6.07, 6.45) is 0.282. The molecule has 0 saturated carbocycles. The normalized spacial score (nSPS) is 20.4. The van der Waals surface area contributed by atoms with Crippen molar-refractivity contribution < 1.29 is 14.3 Å². The molecule has 0 aromatic heterocycles. The third-order valence-corrected chi connectivity index (χ3v) is 3.07. The minimum absolute atomic E-state index is 0.0858. The van der Waals surface area contributed by atoms with E-state index in [9.17, 15) is 9.59 Å². The van der Waals surface area contributed by atoms with E-state index < -0.39 is 5.92 Å². The van der Waals surface area contributed by atoms with Crippen molar-refractivity contribution in [3.8, 4) is 0 Å². The van der Waals surface area contributed by atoms with Gasteiger partial charge in [-0.3, -0.25) is 9.59 Å². The summed E-state index contributed by atoms with van der Waals surface area (Å²) >= 11 is 11.6. The Morgan fingerprint density at radius 3 is 2.47 bits per heavy atom. The van der Waals surface area contributed by atoms with Gasteiger partial charge in [0.15, 0.2) is 5.78 Å². The van der Waals surface area contributed by atoms with Gasteiger partial charge in [0, 0.05) is 22.0 Å². The number of Topliss-reactive ketones (excluding diaryl/α,β-unsaturated/α-hetero) is 2. The van der Waals surface area contributed by atoms with Crippen LogP contribution in [0.4, 0.5) is 0 Å². The smallest absolute Gasteiger partial charge is 0.175 e. The van der Waals surface area contributed by atoms with E-state index in [0.29, 0.717) is 22.2 Å². The number of carbonyl (C=O) groups is 2. The number of ether oxygens (including phenoxy) is 1. The Hall–Kier alpha value is -0.900. The fraction of sp³-hybridized carbons (Fsp3) is 0.333. The second-order valence-electron chi connectivity index (χ2n) is 3.87. The molecule has 1 unspecified atom stereocenters. The number of hydrogen-bond acceptors (Lipinski definition) is 3. The zero-order valence-electron chi connectivity index (χ0n) is 8.91. The first kappa shape index (κ1) is 12.6. The number of rotatable bonds is 2. The third-order valence-electron chi connectivity index (χ3n) is 2.63. The maximum Gasteiger partial charge on any atom is 0.175 e. The molecular formula is C12H10Cl2O3. The van der Waals surface area contributed by atoms with Crippen molar-refractivity contribution in [1.82, 2.24) is 0 Å². The second kappa shape index (κ2) is 5.17. The van der Waals surface area contributed by atoms with Gasteiger partial charge in [0.2, 0.25) is 0 Å². The van der Waals surface area contributed by atoms with Crippen molar-refractivity contribution in [3.63, 3.8) is 0 Å². The van der Waals surface area contributed by atoms with Gasteiger partial charge < -0.3 is 4.74 Å². The molecule has 17 heavy (non-hydrogen) atoms. The lowest BCUT2D eigenvalue weighted by molar-refractivity contribution is -0.128. The zero-order valence-corrected chi connectivity index (χ0v) is 10.4. The molecule has 1 aromatic rings. The molecule has 0 spiro atoms. The minimum atomic E-state index is -0.724. The Balaban J connectivity index is 2.26. The highest BCUT2D eigenvalue weighted by molar-refractivity contribution is 6.35. The summed E-state index contributed by atoms with van der Waals surface area (Å²) in [7, 11) is 0. The molecule has 1 fully saturated rings. The van der Waals surface area contributed by atoms with Gasteiger partial charge in [-0.15, -0.1) is 0 Å². The van der Waals surface area contributed by atoms with Gasteiger partial charge in [-0.1, -0.05) is 23.2 Å². The lowest BCUT2D eigenvalue weighted by atomic mass is 9.91. The molecule has 1 aliphatic heterocycles. The van der Waals surface area contributed by atoms with Gasteiger partial charge in [0.1, 0.15) is 11.7 Å². The molecule has 1 atom stereocenters. The Labute approximate surface area is 109 Å². The van der Waals surface area contributed by atoms with E-state index >= 15 is 0 Å². The van der Waals surface area contributed by atoms with E-state index in [4.69, 9.17) is 27.9 Å². The van der Waals surface area contributed by atoms with E-state index in [1.54, 1.807) is 6.07 Å². The van der Waals surface area contributed by atoms with Crippen molar-refractivity contribution in [2.75, 3.05) is 13.2 Å². The van der Waals surface area contributed by atoms with Crippen LogP contribution in [-0.4, -0.2) is 24.8 Å². The lowest BCUT2D eigenvalue weighted by Crippen LogP contribution is -2.33. The topological polar surface area (TPSA) is 43.4 Å². The summed E-state index contributed by atoms with van der Waals surface area (Å²) in [6.45, 7) is 0.528. The van der Waals surface area contributed by atoms with E-state index in [1.807, 2.05) is 0 Å². The molecule has 0 N–H and O–H groups in total. The summed E-state index contributed by atoms with van der Waals surface area (Å²) < 4.78 is 5.15. The van der Waals surface area contributed by atoms with Crippen LogP contribution in [0.3, 0.4) is 0 Å². The van der Waals surface area contributed by atoms with Crippen LogP contribution in [0.5, 0.6) is 0 Å².